The van der Waals surface area contributed by atoms with Gasteiger partial charge in [-0.25, -0.2) is 0 Å². The summed E-state index contributed by atoms with van der Waals surface area (Å²) in [6.45, 7) is 6.73. The van der Waals surface area contributed by atoms with Crippen LogP contribution in [-0.2, 0) is 0 Å². The summed E-state index contributed by atoms with van der Waals surface area (Å²) in [5, 5.41) is 4.29. The van der Waals surface area contributed by atoms with Gasteiger partial charge in [-0.2, -0.15) is 9.78 Å². The minimum absolute atomic E-state index is 0.0313. The quantitative estimate of drug-likeness (QED) is 0.586. The van der Waals surface area contributed by atoms with E-state index in [9.17, 15) is 4.79 Å². The molecule has 0 unspecified atom stereocenters. The average Bonchev–Trinajstić information content (AvgIpc) is 2.67. The molecule has 0 amide bonds. The standard InChI is InChI=1S/C21H21ClN2O3/c1-4-26-17-9-11-18(12-10-17)27-20-19(22)13-23-24(21(20)25)16-7-5-15(6-8-16)14(2)3/h5-14H,4H2,1-3H3. The Balaban J connectivity index is 1.92. The molecule has 6 heteroatoms. The molecular weight excluding hydrogens is 364 g/mol. The van der Waals surface area contributed by atoms with Crippen LogP contribution in [0.1, 0.15) is 32.3 Å². The van der Waals surface area contributed by atoms with Crippen LogP contribution >= 0.6 is 11.6 Å². The second kappa shape index (κ2) is 8.27. The molecule has 1 aromatic heterocycles. The molecule has 27 heavy (non-hydrogen) atoms. The zero-order valence-electron chi connectivity index (χ0n) is 15.5. The first-order valence-electron chi connectivity index (χ1n) is 8.78. The SMILES string of the molecule is CCOc1ccc(Oc2c(Cl)cnn(-c3ccc(C(C)C)cc3)c2=O)cc1. The molecule has 0 aliphatic heterocycles. The van der Waals surface area contributed by atoms with Gasteiger partial charge in [0.05, 0.1) is 18.5 Å². The molecule has 0 N–H and O–H groups in total. The first-order valence-corrected chi connectivity index (χ1v) is 9.16. The van der Waals surface area contributed by atoms with Crippen molar-refractivity contribution in [2.45, 2.75) is 26.7 Å². The predicted molar refractivity (Wildman–Crippen MR) is 107 cm³/mol. The van der Waals surface area contributed by atoms with Crippen molar-refractivity contribution in [3.05, 3.63) is 75.7 Å². The highest BCUT2D eigenvalue weighted by molar-refractivity contribution is 6.31. The molecule has 0 aliphatic rings. The van der Waals surface area contributed by atoms with Crippen molar-refractivity contribution >= 4 is 11.6 Å². The number of hydrogen-bond acceptors (Lipinski definition) is 4. The van der Waals surface area contributed by atoms with E-state index in [0.29, 0.717) is 24.0 Å². The zero-order chi connectivity index (χ0) is 19.4. The van der Waals surface area contributed by atoms with Crippen LogP contribution in [0.15, 0.2) is 59.5 Å². The molecule has 3 rings (SSSR count). The normalized spacial score (nSPS) is 10.9. The van der Waals surface area contributed by atoms with Gasteiger partial charge in [-0.1, -0.05) is 37.6 Å². The second-order valence-corrected chi connectivity index (χ2v) is 6.70. The van der Waals surface area contributed by atoms with Gasteiger partial charge in [-0.3, -0.25) is 4.79 Å². The van der Waals surface area contributed by atoms with Gasteiger partial charge in [-0.05, 0) is 54.8 Å². The molecule has 0 saturated heterocycles. The van der Waals surface area contributed by atoms with E-state index in [-0.39, 0.29) is 10.8 Å². The van der Waals surface area contributed by atoms with Crippen LogP contribution in [0.3, 0.4) is 0 Å². The lowest BCUT2D eigenvalue weighted by atomic mass is 10.0. The van der Waals surface area contributed by atoms with Gasteiger partial charge < -0.3 is 9.47 Å². The van der Waals surface area contributed by atoms with Crippen LogP contribution < -0.4 is 15.0 Å². The number of aromatic nitrogens is 2. The second-order valence-electron chi connectivity index (χ2n) is 6.29. The van der Waals surface area contributed by atoms with E-state index in [0.717, 1.165) is 5.75 Å². The number of benzene rings is 2. The number of rotatable bonds is 6. The van der Waals surface area contributed by atoms with Crippen LogP contribution in [0, 0.1) is 0 Å². The van der Waals surface area contributed by atoms with Gasteiger partial charge in [0, 0.05) is 0 Å². The van der Waals surface area contributed by atoms with Gasteiger partial charge in [0.2, 0.25) is 5.75 Å². The first-order chi connectivity index (χ1) is 13.0. The van der Waals surface area contributed by atoms with Crippen LogP contribution in [0.2, 0.25) is 5.02 Å². The Morgan fingerprint density at radius 2 is 1.67 bits per heavy atom. The van der Waals surface area contributed by atoms with E-state index in [2.05, 4.69) is 18.9 Å². The van der Waals surface area contributed by atoms with Gasteiger partial charge >= 0.3 is 5.56 Å². The molecule has 5 nitrogen and oxygen atoms in total. The summed E-state index contributed by atoms with van der Waals surface area (Å²) in [5.74, 6) is 1.66. The number of ether oxygens (including phenoxy) is 2. The Bertz CT molecular complexity index is 964. The van der Waals surface area contributed by atoms with Crippen molar-refractivity contribution in [2.75, 3.05) is 6.61 Å². The van der Waals surface area contributed by atoms with Crippen LogP contribution in [-0.4, -0.2) is 16.4 Å². The minimum atomic E-state index is -0.423. The van der Waals surface area contributed by atoms with Gasteiger partial charge in [-0.15, -0.1) is 0 Å². The molecule has 3 aromatic rings. The topological polar surface area (TPSA) is 53.4 Å². The van der Waals surface area contributed by atoms with Crippen molar-refractivity contribution in [2.24, 2.45) is 0 Å². The third-order valence-electron chi connectivity index (χ3n) is 4.05. The molecule has 0 aliphatic carbocycles. The number of nitrogens with zero attached hydrogens (tertiary/aromatic N) is 2. The van der Waals surface area contributed by atoms with E-state index in [1.807, 2.05) is 31.2 Å². The molecule has 0 fully saturated rings. The predicted octanol–water partition coefficient (Wildman–Crippen LogP) is 5.20. The van der Waals surface area contributed by atoms with Gasteiger partial charge in [0.1, 0.15) is 16.5 Å². The number of hydrogen-bond donors (Lipinski definition) is 0. The molecular formula is C21H21ClN2O3. The monoisotopic (exact) mass is 384 g/mol. The van der Waals surface area contributed by atoms with Gasteiger partial charge in [0.25, 0.3) is 0 Å². The maximum atomic E-state index is 12.8. The molecule has 0 saturated carbocycles. The zero-order valence-corrected chi connectivity index (χ0v) is 16.2. The van der Waals surface area contributed by atoms with E-state index < -0.39 is 5.56 Å². The van der Waals surface area contributed by atoms with E-state index in [1.165, 1.54) is 16.4 Å². The van der Waals surface area contributed by atoms with E-state index in [1.54, 1.807) is 24.3 Å². The summed E-state index contributed by atoms with van der Waals surface area (Å²) in [6, 6.07) is 14.7. The fourth-order valence-electron chi connectivity index (χ4n) is 2.58. The molecule has 0 radical (unpaired) electrons. The smallest absolute Gasteiger partial charge is 0.316 e. The Morgan fingerprint density at radius 3 is 2.26 bits per heavy atom. The Kier molecular flexibility index (Phi) is 5.81. The molecule has 0 spiro atoms. The van der Waals surface area contributed by atoms with Crippen LogP contribution in [0.4, 0.5) is 0 Å². The largest absolute Gasteiger partial charge is 0.494 e. The summed E-state index contributed by atoms with van der Waals surface area (Å²) < 4.78 is 12.4. The Hall–Kier alpha value is -2.79. The molecule has 2 aromatic carbocycles. The fourth-order valence-corrected chi connectivity index (χ4v) is 2.75. The molecule has 0 bridgehead atoms. The lowest BCUT2D eigenvalue weighted by Gasteiger charge is -2.11. The highest BCUT2D eigenvalue weighted by Gasteiger charge is 2.14. The lowest BCUT2D eigenvalue weighted by molar-refractivity contribution is 0.339. The summed E-state index contributed by atoms with van der Waals surface area (Å²) in [7, 11) is 0. The van der Waals surface area contributed by atoms with E-state index in [4.69, 9.17) is 21.1 Å². The van der Waals surface area contributed by atoms with Crippen LogP contribution in [0.5, 0.6) is 17.2 Å². The lowest BCUT2D eigenvalue weighted by Crippen LogP contribution is -2.22. The number of halogens is 1. The van der Waals surface area contributed by atoms with Crippen molar-refractivity contribution in [3.8, 4) is 22.9 Å². The van der Waals surface area contributed by atoms with Gasteiger partial charge in [0.15, 0.2) is 0 Å². The minimum Gasteiger partial charge on any atom is -0.494 e. The Morgan fingerprint density at radius 1 is 1.04 bits per heavy atom. The first kappa shape index (κ1) is 19.0. The third-order valence-corrected chi connectivity index (χ3v) is 4.32. The fraction of sp³-hybridized carbons (Fsp3) is 0.238. The summed E-state index contributed by atoms with van der Waals surface area (Å²) in [5.41, 5.74) is 1.41. The highest BCUT2D eigenvalue weighted by atomic mass is 35.5. The van der Waals surface area contributed by atoms with Crippen molar-refractivity contribution in [1.82, 2.24) is 9.78 Å². The molecule has 0 atom stereocenters. The van der Waals surface area contributed by atoms with Crippen molar-refractivity contribution < 1.29 is 9.47 Å². The molecule has 140 valence electrons. The third kappa shape index (κ3) is 4.31. The van der Waals surface area contributed by atoms with E-state index >= 15 is 0 Å². The molecule has 1 heterocycles. The average molecular weight is 385 g/mol. The maximum absolute atomic E-state index is 12.8. The van der Waals surface area contributed by atoms with Crippen molar-refractivity contribution in [1.29, 1.82) is 0 Å². The summed E-state index contributed by atoms with van der Waals surface area (Å²) >= 11 is 6.16. The Labute approximate surface area is 163 Å². The maximum Gasteiger partial charge on any atom is 0.316 e. The van der Waals surface area contributed by atoms with Crippen LogP contribution in [0.25, 0.3) is 5.69 Å². The highest BCUT2D eigenvalue weighted by Crippen LogP contribution is 2.27. The summed E-state index contributed by atoms with van der Waals surface area (Å²) in [6.07, 6.45) is 1.41. The summed E-state index contributed by atoms with van der Waals surface area (Å²) in [4.78, 5) is 12.8. The van der Waals surface area contributed by atoms with Crippen molar-refractivity contribution in [3.63, 3.8) is 0 Å².